The van der Waals surface area contributed by atoms with E-state index in [4.69, 9.17) is 11.6 Å². The number of rotatable bonds is 2. The maximum atomic E-state index is 11.7. The molecule has 0 amide bonds. The van der Waals surface area contributed by atoms with Gasteiger partial charge in [0, 0.05) is 28.9 Å². The fourth-order valence-corrected chi connectivity index (χ4v) is 2.37. The van der Waals surface area contributed by atoms with Gasteiger partial charge in [-0.1, -0.05) is 18.2 Å². The first-order chi connectivity index (χ1) is 9.66. The zero-order valence-electron chi connectivity index (χ0n) is 11.2. The number of halogens is 2. The zero-order chi connectivity index (χ0) is 14.1. The van der Waals surface area contributed by atoms with E-state index in [0.29, 0.717) is 11.3 Å². The van der Waals surface area contributed by atoms with Crippen molar-refractivity contribution in [1.29, 1.82) is 0 Å². The first kappa shape index (κ1) is 15.4. The van der Waals surface area contributed by atoms with Crippen LogP contribution in [0, 0.1) is 6.92 Å². The molecule has 0 fully saturated rings. The van der Waals surface area contributed by atoms with Crippen molar-refractivity contribution >= 4 is 40.2 Å². The molecular weight excluding hydrogens is 307 g/mol. The molecule has 2 heterocycles. The largest absolute Gasteiger partial charge is 0.276 e. The average Bonchev–Trinajstić information content (AvgIpc) is 2.47. The third-order valence-electron chi connectivity index (χ3n) is 3.21. The van der Waals surface area contributed by atoms with Gasteiger partial charge in [-0.05, 0) is 42.3 Å². The van der Waals surface area contributed by atoms with Crippen LogP contribution in [0.4, 0.5) is 0 Å². The first-order valence-corrected chi connectivity index (χ1v) is 6.55. The lowest BCUT2D eigenvalue weighted by Gasteiger charge is -2.08. The normalized spacial score (nSPS) is 10.2. The van der Waals surface area contributed by atoms with Gasteiger partial charge in [-0.15, -0.1) is 12.4 Å². The van der Waals surface area contributed by atoms with Crippen molar-refractivity contribution in [2.24, 2.45) is 0 Å². The summed E-state index contributed by atoms with van der Waals surface area (Å²) in [5.74, 6) is 0. The number of aryl methyl sites for hydroxylation is 1. The van der Waals surface area contributed by atoms with Gasteiger partial charge >= 0.3 is 0 Å². The maximum Gasteiger partial charge on any atom is 0.253 e. The van der Waals surface area contributed by atoms with E-state index in [2.05, 4.69) is 9.97 Å². The third-order valence-corrected chi connectivity index (χ3v) is 3.41. The molecule has 0 aliphatic heterocycles. The predicted molar refractivity (Wildman–Crippen MR) is 87.1 cm³/mol. The summed E-state index contributed by atoms with van der Waals surface area (Å²) in [4.78, 5) is 20.4. The summed E-state index contributed by atoms with van der Waals surface area (Å²) in [5.41, 5.74) is 3.82. The third kappa shape index (κ3) is 2.89. The van der Waals surface area contributed by atoms with Crippen LogP contribution in [0.2, 0.25) is 0 Å². The molecular formula is C16H12Cl2N2O. The van der Waals surface area contributed by atoms with Gasteiger partial charge in [-0.2, -0.15) is 0 Å². The van der Waals surface area contributed by atoms with Crippen molar-refractivity contribution < 1.29 is 4.79 Å². The van der Waals surface area contributed by atoms with Gasteiger partial charge in [0.25, 0.3) is 5.24 Å². The van der Waals surface area contributed by atoms with Crippen LogP contribution in [0.5, 0.6) is 0 Å². The smallest absolute Gasteiger partial charge is 0.253 e. The van der Waals surface area contributed by atoms with Gasteiger partial charge in [0.2, 0.25) is 0 Å². The Labute approximate surface area is 133 Å². The van der Waals surface area contributed by atoms with E-state index in [0.717, 1.165) is 22.0 Å². The van der Waals surface area contributed by atoms with Crippen LogP contribution in [0.25, 0.3) is 22.2 Å². The van der Waals surface area contributed by atoms with Gasteiger partial charge in [0.1, 0.15) is 0 Å². The molecule has 2 aromatic heterocycles. The number of hydrogen-bond donors (Lipinski definition) is 0. The number of fused-ring (bicyclic) bond motifs is 1. The summed E-state index contributed by atoms with van der Waals surface area (Å²) in [5, 5.41) is 0.297. The molecule has 3 aromatic rings. The Morgan fingerprint density at radius 3 is 2.67 bits per heavy atom. The van der Waals surface area contributed by atoms with Gasteiger partial charge in [-0.25, -0.2) is 4.98 Å². The molecule has 0 saturated heterocycles. The Morgan fingerprint density at radius 1 is 1.19 bits per heavy atom. The number of benzene rings is 1. The van der Waals surface area contributed by atoms with Gasteiger partial charge in [0.05, 0.1) is 11.2 Å². The van der Waals surface area contributed by atoms with E-state index in [1.54, 1.807) is 18.5 Å². The molecule has 3 rings (SSSR count). The lowest BCUT2D eigenvalue weighted by Crippen LogP contribution is -1.97. The minimum absolute atomic E-state index is 0. The summed E-state index contributed by atoms with van der Waals surface area (Å²) in [6.07, 6.45) is 3.42. The summed E-state index contributed by atoms with van der Waals surface area (Å²) in [6, 6.07) is 11.2. The molecule has 0 radical (unpaired) electrons. The summed E-state index contributed by atoms with van der Waals surface area (Å²) in [7, 11) is 0. The Bertz CT molecular complexity index is 804. The van der Waals surface area contributed by atoms with E-state index in [-0.39, 0.29) is 12.4 Å². The van der Waals surface area contributed by atoms with Crippen molar-refractivity contribution in [3.8, 4) is 11.3 Å². The molecule has 1 aromatic carbocycles. The number of carbonyl (C=O) groups excluding carboxylic acids is 1. The molecule has 0 aliphatic carbocycles. The Balaban J connectivity index is 0.00000161. The lowest BCUT2D eigenvalue weighted by molar-refractivity contribution is 0.108. The fourth-order valence-electron chi connectivity index (χ4n) is 2.22. The molecule has 0 unspecified atom stereocenters. The highest BCUT2D eigenvalue weighted by molar-refractivity contribution is 6.68. The van der Waals surface area contributed by atoms with Crippen LogP contribution in [-0.4, -0.2) is 15.2 Å². The van der Waals surface area contributed by atoms with E-state index < -0.39 is 5.24 Å². The lowest BCUT2D eigenvalue weighted by atomic mass is 10.0. The number of nitrogens with zero attached hydrogens (tertiary/aromatic N) is 2. The standard InChI is InChI=1S/C16H11ClN2O.ClH/c1-10-4-2-6-12-13(16(17)20)8-14(19-15(10)12)11-5-3-7-18-9-11;/h2-9H,1H3;1H. The highest BCUT2D eigenvalue weighted by Gasteiger charge is 2.13. The van der Waals surface area contributed by atoms with Gasteiger partial charge in [0.15, 0.2) is 0 Å². The molecule has 5 heteroatoms. The molecule has 0 atom stereocenters. The summed E-state index contributed by atoms with van der Waals surface area (Å²) >= 11 is 5.71. The second-order valence-corrected chi connectivity index (χ2v) is 4.88. The highest BCUT2D eigenvalue weighted by atomic mass is 35.5. The number of para-hydroxylation sites is 1. The predicted octanol–water partition coefficient (Wildman–Crippen LogP) is 4.41. The molecule has 0 bridgehead atoms. The summed E-state index contributed by atoms with van der Waals surface area (Å²) < 4.78 is 0. The molecule has 0 saturated carbocycles. The Morgan fingerprint density at radius 2 is 2.00 bits per heavy atom. The SMILES string of the molecule is Cc1cccc2c(C(=O)Cl)cc(-c3cccnc3)nc12.Cl. The van der Waals surface area contributed by atoms with Crippen LogP contribution in [0.15, 0.2) is 48.8 Å². The number of pyridine rings is 2. The van der Waals surface area contributed by atoms with Gasteiger partial charge < -0.3 is 0 Å². The monoisotopic (exact) mass is 318 g/mol. The van der Waals surface area contributed by atoms with Crippen molar-refractivity contribution in [2.75, 3.05) is 0 Å². The second-order valence-electron chi connectivity index (χ2n) is 4.54. The fraction of sp³-hybridized carbons (Fsp3) is 0.0625. The number of aromatic nitrogens is 2. The van der Waals surface area contributed by atoms with E-state index in [1.807, 2.05) is 37.3 Å². The van der Waals surface area contributed by atoms with Crippen molar-refractivity contribution in [1.82, 2.24) is 9.97 Å². The van der Waals surface area contributed by atoms with Crippen molar-refractivity contribution in [3.05, 3.63) is 59.9 Å². The van der Waals surface area contributed by atoms with Crippen LogP contribution in [0.3, 0.4) is 0 Å². The van der Waals surface area contributed by atoms with Crippen molar-refractivity contribution in [2.45, 2.75) is 6.92 Å². The van der Waals surface area contributed by atoms with Crippen LogP contribution in [0.1, 0.15) is 15.9 Å². The minimum Gasteiger partial charge on any atom is -0.276 e. The number of hydrogen-bond acceptors (Lipinski definition) is 3. The molecule has 0 spiro atoms. The molecule has 0 aliphatic rings. The van der Waals surface area contributed by atoms with Crippen LogP contribution < -0.4 is 0 Å². The Kier molecular flexibility index (Phi) is 4.56. The van der Waals surface area contributed by atoms with Gasteiger partial charge in [-0.3, -0.25) is 9.78 Å². The molecule has 0 N–H and O–H groups in total. The van der Waals surface area contributed by atoms with E-state index >= 15 is 0 Å². The second kappa shape index (κ2) is 6.20. The highest BCUT2D eigenvalue weighted by Crippen LogP contribution is 2.27. The Hall–Kier alpha value is -1.97. The quantitative estimate of drug-likeness (QED) is 0.657. The van der Waals surface area contributed by atoms with E-state index in [9.17, 15) is 4.79 Å². The average molecular weight is 319 g/mol. The molecule has 106 valence electrons. The van der Waals surface area contributed by atoms with Crippen LogP contribution >= 0.6 is 24.0 Å². The minimum atomic E-state index is -0.479. The molecule has 21 heavy (non-hydrogen) atoms. The topological polar surface area (TPSA) is 42.9 Å². The molecule has 3 nitrogen and oxygen atoms in total. The van der Waals surface area contributed by atoms with Crippen molar-refractivity contribution in [3.63, 3.8) is 0 Å². The first-order valence-electron chi connectivity index (χ1n) is 6.17. The van der Waals surface area contributed by atoms with Crippen LogP contribution in [-0.2, 0) is 0 Å². The summed E-state index contributed by atoms with van der Waals surface area (Å²) in [6.45, 7) is 1.96. The van der Waals surface area contributed by atoms with E-state index in [1.165, 1.54) is 0 Å². The zero-order valence-corrected chi connectivity index (χ0v) is 12.8. The number of carbonyl (C=O) groups is 1. The maximum absolute atomic E-state index is 11.7.